The molecule has 0 spiro atoms. The summed E-state index contributed by atoms with van der Waals surface area (Å²) >= 11 is 0. The Morgan fingerprint density at radius 2 is 1.04 bits per heavy atom. The van der Waals surface area contributed by atoms with Gasteiger partial charge in [-0.25, -0.2) is 0 Å². The van der Waals surface area contributed by atoms with E-state index in [0.717, 1.165) is 11.4 Å². The summed E-state index contributed by atoms with van der Waals surface area (Å²) in [6.07, 6.45) is 0.375. The van der Waals surface area contributed by atoms with Crippen LogP contribution in [0.1, 0.15) is 11.6 Å². The maximum atomic E-state index is 4.34. The number of para-hydroxylation sites is 2. The molecule has 0 unspecified atom stereocenters. The molecule has 2 aromatic heterocycles. The highest BCUT2D eigenvalue weighted by Gasteiger charge is 2.10. The van der Waals surface area contributed by atoms with Gasteiger partial charge in [0.05, 0.1) is 17.8 Å². The minimum atomic E-state index is 0.375. The zero-order valence-electron chi connectivity index (χ0n) is 12.1. The lowest BCUT2D eigenvalue weighted by Crippen LogP contribution is -2.00. The van der Waals surface area contributed by atoms with Crippen molar-refractivity contribution in [1.29, 1.82) is 0 Å². The van der Waals surface area contributed by atoms with Crippen LogP contribution in [-0.2, 0) is 6.42 Å². The van der Waals surface area contributed by atoms with Crippen LogP contribution < -0.4 is 0 Å². The Balaban J connectivity index is 1.53. The number of benzene rings is 2. The minimum Gasteiger partial charge on any atom is -0.131 e. The Hall–Kier alpha value is -3.42. The van der Waals surface area contributed by atoms with Crippen molar-refractivity contribution in [2.24, 2.45) is 0 Å². The molecule has 0 radical (unpaired) electrons. The van der Waals surface area contributed by atoms with Gasteiger partial charge in [0, 0.05) is 0 Å². The lowest BCUT2D eigenvalue weighted by Gasteiger charge is -1.95. The molecule has 0 aliphatic rings. The van der Waals surface area contributed by atoms with Gasteiger partial charge in [-0.3, -0.25) is 0 Å². The highest BCUT2D eigenvalue weighted by Crippen LogP contribution is 2.06. The van der Waals surface area contributed by atoms with Gasteiger partial charge in [0.2, 0.25) is 0 Å². The largest absolute Gasteiger partial charge is 0.182 e. The molecule has 112 valence electrons. The van der Waals surface area contributed by atoms with Crippen LogP contribution in [0.4, 0.5) is 0 Å². The fourth-order valence-electron chi connectivity index (χ4n) is 2.11. The summed E-state index contributed by atoms with van der Waals surface area (Å²) in [6, 6.07) is 19.2. The summed E-state index contributed by atoms with van der Waals surface area (Å²) in [7, 11) is 0. The molecule has 8 nitrogen and oxygen atoms in total. The molecule has 2 aromatic carbocycles. The normalized spacial score (nSPS) is 10.8. The molecule has 0 N–H and O–H groups in total. The summed E-state index contributed by atoms with van der Waals surface area (Å²) in [5.74, 6) is 1.09. The van der Waals surface area contributed by atoms with E-state index >= 15 is 0 Å². The molecular formula is C15H12N8. The molecule has 0 amide bonds. The first kappa shape index (κ1) is 13.3. The van der Waals surface area contributed by atoms with Gasteiger partial charge in [-0.1, -0.05) is 36.4 Å². The molecule has 8 heteroatoms. The van der Waals surface area contributed by atoms with Crippen LogP contribution in [0.2, 0.25) is 0 Å². The van der Waals surface area contributed by atoms with Crippen LogP contribution >= 0.6 is 0 Å². The maximum Gasteiger partial charge on any atom is 0.182 e. The molecule has 23 heavy (non-hydrogen) atoms. The van der Waals surface area contributed by atoms with Crippen LogP contribution in [0, 0.1) is 0 Å². The molecule has 0 atom stereocenters. The van der Waals surface area contributed by atoms with Crippen molar-refractivity contribution in [3.8, 4) is 11.4 Å². The van der Waals surface area contributed by atoms with Crippen molar-refractivity contribution in [3.63, 3.8) is 0 Å². The quantitative estimate of drug-likeness (QED) is 0.563. The highest BCUT2D eigenvalue weighted by molar-refractivity contribution is 5.29. The number of rotatable bonds is 4. The number of hydrogen-bond acceptors (Lipinski definition) is 6. The number of aromatic nitrogens is 8. The average Bonchev–Trinajstić information content (AvgIpc) is 3.27. The number of nitrogens with zero attached hydrogens (tertiary/aromatic N) is 8. The van der Waals surface area contributed by atoms with E-state index < -0.39 is 0 Å². The summed E-state index contributed by atoms with van der Waals surface area (Å²) in [4.78, 5) is 2.97. The molecule has 0 bridgehead atoms. The first-order chi connectivity index (χ1) is 11.4. The Labute approximate surface area is 131 Å². The minimum absolute atomic E-state index is 0.375. The van der Waals surface area contributed by atoms with Gasteiger partial charge in [-0.2, -0.15) is 0 Å². The predicted octanol–water partition coefficient (Wildman–Crippen LogP) is 1.23. The van der Waals surface area contributed by atoms with E-state index in [1.54, 1.807) is 0 Å². The Morgan fingerprint density at radius 3 is 1.48 bits per heavy atom. The highest BCUT2D eigenvalue weighted by atomic mass is 15.6. The number of hydrogen-bond donors (Lipinski definition) is 0. The van der Waals surface area contributed by atoms with Crippen molar-refractivity contribution in [1.82, 2.24) is 40.4 Å². The third kappa shape index (κ3) is 2.82. The molecule has 0 fully saturated rings. The Morgan fingerprint density at radius 1 is 0.609 bits per heavy atom. The van der Waals surface area contributed by atoms with Crippen molar-refractivity contribution in [2.45, 2.75) is 6.42 Å². The zero-order chi connectivity index (χ0) is 15.5. The molecule has 4 aromatic rings. The SMILES string of the molecule is c1ccc(-n2nnc(Cc3nnn(-c4ccccc4)n3)n2)cc1. The summed E-state index contributed by atoms with van der Waals surface area (Å²) in [5, 5.41) is 24.8. The van der Waals surface area contributed by atoms with E-state index in [0.29, 0.717) is 18.1 Å². The molecule has 0 saturated heterocycles. The molecular weight excluding hydrogens is 292 g/mol. The second-order valence-electron chi connectivity index (χ2n) is 4.84. The second-order valence-corrected chi connectivity index (χ2v) is 4.84. The van der Waals surface area contributed by atoms with Crippen molar-refractivity contribution >= 4 is 0 Å². The fourth-order valence-corrected chi connectivity index (χ4v) is 2.11. The first-order valence-electron chi connectivity index (χ1n) is 7.07. The van der Waals surface area contributed by atoms with Crippen LogP contribution in [0.25, 0.3) is 11.4 Å². The Bertz CT molecular complexity index is 822. The van der Waals surface area contributed by atoms with Crippen molar-refractivity contribution < 1.29 is 0 Å². The second kappa shape index (κ2) is 5.76. The lowest BCUT2D eigenvalue weighted by molar-refractivity contribution is 0.715. The first-order valence-corrected chi connectivity index (χ1v) is 7.07. The molecule has 0 aliphatic heterocycles. The van der Waals surface area contributed by atoms with Gasteiger partial charge in [-0.15, -0.1) is 30.0 Å². The van der Waals surface area contributed by atoms with Gasteiger partial charge in [-0.05, 0) is 34.7 Å². The monoisotopic (exact) mass is 304 g/mol. The zero-order valence-corrected chi connectivity index (χ0v) is 12.1. The summed E-state index contributed by atoms with van der Waals surface area (Å²) < 4.78 is 0. The van der Waals surface area contributed by atoms with Crippen molar-refractivity contribution in [3.05, 3.63) is 72.3 Å². The topological polar surface area (TPSA) is 87.2 Å². The van der Waals surface area contributed by atoms with Crippen LogP contribution in [0.3, 0.4) is 0 Å². The van der Waals surface area contributed by atoms with E-state index in [2.05, 4.69) is 30.8 Å². The predicted molar refractivity (Wildman–Crippen MR) is 81.1 cm³/mol. The smallest absolute Gasteiger partial charge is 0.131 e. The maximum absolute atomic E-state index is 4.34. The van der Waals surface area contributed by atoms with Crippen molar-refractivity contribution in [2.75, 3.05) is 0 Å². The molecule has 4 rings (SSSR count). The van der Waals surface area contributed by atoms with Gasteiger partial charge < -0.3 is 0 Å². The average molecular weight is 304 g/mol. The fraction of sp³-hybridized carbons (Fsp3) is 0.0667. The van der Waals surface area contributed by atoms with Crippen LogP contribution in [-0.4, -0.2) is 40.4 Å². The molecule has 2 heterocycles. The van der Waals surface area contributed by atoms with Gasteiger partial charge in [0.15, 0.2) is 11.6 Å². The van der Waals surface area contributed by atoms with Gasteiger partial charge in [0.1, 0.15) is 0 Å². The van der Waals surface area contributed by atoms with Crippen LogP contribution in [0.15, 0.2) is 60.7 Å². The number of tetrazole rings is 2. The summed E-state index contributed by atoms with van der Waals surface area (Å²) in [6.45, 7) is 0. The third-order valence-electron chi connectivity index (χ3n) is 3.20. The Kier molecular flexibility index (Phi) is 3.32. The third-order valence-corrected chi connectivity index (χ3v) is 3.20. The van der Waals surface area contributed by atoms with Gasteiger partial charge >= 0.3 is 0 Å². The van der Waals surface area contributed by atoms with E-state index in [-0.39, 0.29) is 0 Å². The molecule has 0 aliphatic carbocycles. The van der Waals surface area contributed by atoms with E-state index in [9.17, 15) is 0 Å². The van der Waals surface area contributed by atoms with Crippen LogP contribution in [0.5, 0.6) is 0 Å². The van der Waals surface area contributed by atoms with E-state index in [1.807, 2.05) is 60.7 Å². The van der Waals surface area contributed by atoms with E-state index in [1.165, 1.54) is 9.59 Å². The molecule has 0 saturated carbocycles. The standard InChI is InChI=1S/C15H12N8/c1-3-7-12(8-4-1)22-18-14(16-20-22)11-15-17-21-23(19-15)13-9-5-2-6-10-13/h1-10H,11H2. The summed E-state index contributed by atoms with van der Waals surface area (Å²) in [5.41, 5.74) is 1.71. The van der Waals surface area contributed by atoms with E-state index in [4.69, 9.17) is 0 Å². The lowest BCUT2D eigenvalue weighted by atomic mass is 10.3. The van der Waals surface area contributed by atoms with Gasteiger partial charge in [0.25, 0.3) is 0 Å².